The molecular formula is C54H58O11. The summed E-state index contributed by atoms with van der Waals surface area (Å²) >= 11 is 0. The second-order valence-electron chi connectivity index (χ2n) is 16.2. The lowest BCUT2D eigenvalue weighted by Crippen LogP contribution is -2.63. The molecule has 0 radical (unpaired) electrons. The lowest BCUT2D eigenvalue weighted by molar-refractivity contribution is -0.346. The van der Waals surface area contributed by atoms with Gasteiger partial charge in [0, 0.05) is 0 Å². The number of hydrogen-bond donors (Lipinski definition) is 2. The molecule has 65 heavy (non-hydrogen) atoms. The van der Waals surface area contributed by atoms with Crippen LogP contribution in [0.2, 0.25) is 0 Å². The first-order chi connectivity index (χ1) is 32.1. The summed E-state index contributed by atoms with van der Waals surface area (Å²) in [5.41, 5.74) is 5.70. The highest BCUT2D eigenvalue weighted by Gasteiger charge is 2.51. The third-order valence-corrected chi connectivity index (χ3v) is 11.5. The lowest BCUT2D eigenvalue weighted by Gasteiger charge is -2.47. The minimum absolute atomic E-state index is 0.141. The second kappa shape index (κ2) is 24.4. The summed E-state index contributed by atoms with van der Waals surface area (Å²) < 4.78 is 59.1. The molecule has 2 aliphatic rings. The van der Waals surface area contributed by atoms with E-state index in [2.05, 4.69) is 0 Å². The molecule has 0 amide bonds. The van der Waals surface area contributed by atoms with Crippen molar-refractivity contribution < 1.29 is 52.8 Å². The third-order valence-electron chi connectivity index (χ3n) is 11.5. The number of rotatable bonds is 22. The highest BCUT2D eigenvalue weighted by molar-refractivity contribution is 5.18. The van der Waals surface area contributed by atoms with Crippen LogP contribution in [-0.4, -0.2) is 84.8 Å². The van der Waals surface area contributed by atoms with Crippen molar-refractivity contribution in [2.24, 2.45) is 0 Å². The Labute approximate surface area is 381 Å². The Balaban J connectivity index is 1.07. The van der Waals surface area contributed by atoms with Crippen LogP contribution in [0.1, 0.15) is 33.4 Å². The molecule has 2 saturated heterocycles. The van der Waals surface area contributed by atoms with E-state index in [1.807, 2.05) is 182 Å². The van der Waals surface area contributed by atoms with Crippen molar-refractivity contribution in [1.29, 1.82) is 0 Å². The highest BCUT2D eigenvalue weighted by Crippen LogP contribution is 2.33. The van der Waals surface area contributed by atoms with Gasteiger partial charge in [0.15, 0.2) is 12.6 Å². The zero-order valence-corrected chi connectivity index (χ0v) is 36.3. The fourth-order valence-electron chi connectivity index (χ4n) is 8.02. The zero-order chi connectivity index (χ0) is 44.5. The molecule has 2 fully saturated rings. The summed E-state index contributed by atoms with van der Waals surface area (Å²) in [6, 6.07) is 58.9. The Morgan fingerprint density at radius 3 is 1.11 bits per heavy atom. The van der Waals surface area contributed by atoms with E-state index in [-0.39, 0.29) is 46.2 Å². The smallest absolute Gasteiger partial charge is 0.187 e. The standard InChI is InChI=1S/C54H58O11/c55-47-45(64-53(56)51(61-35-43-27-15-5-16-28-43)49(47)59-33-41-23-11-3-12-24-41)38-63-54-52(62-36-44-29-17-6-18-30-44)50(60-34-42-25-13-4-14-26-42)48(58-32-40-21-9-2-10-22-40)46(65-54)37-57-31-39-19-7-1-8-20-39/h1-30,45-56H,31-38H2/t45?,46-,47-,48-,49+,50+,51-,52-,53+,54?/m1/s1. The van der Waals surface area contributed by atoms with Crippen LogP contribution in [-0.2, 0) is 82.3 Å². The Kier molecular flexibility index (Phi) is 17.4. The summed E-state index contributed by atoms with van der Waals surface area (Å²) in [6.45, 7) is 1.39. The van der Waals surface area contributed by atoms with Gasteiger partial charge in [0.25, 0.3) is 0 Å². The molecule has 2 heterocycles. The fourth-order valence-corrected chi connectivity index (χ4v) is 8.02. The van der Waals surface area contributed by atoms with E-state index in [0.29, 0.717) is 6.61 Å². The Hall–Kier alpha value is -5.12. The maximum atomic E-state index is 12.0. The van der Waals surface area contributed by atoms with E-state index < -0.39 is 61.4 Å². The summed E-state index contributed by atoms with van der Waals surface area (Å²) in [4.78, 5) is 0. The zero-order valence-electron chi connectivity index (χ0n) is 36.3. The van der Waals surface area contributed by atoms with Crippen LogP contribution in [0.15, 0.2) is 182 Å². The number of aliphatic hydroxyl groups excluding tert-OH is 2. The molecule has 0 saturated carbocycles. The van der Waals surface area contributed by atoms with Gasteiger partial charge in [-0.1, -0.05) is 182 Å². The lowest BCUT2D eigenvalue weighted by atomic mass is 9.97. The van der Waals surface area contributed by atoms with E-state index in [1.54, 1.807) is 0 Å². The second-order valence-corrected chi connectivity index (χ2v) is 16.2. The van der Waals surface area contributed by atoms with Crippen LogP contribution in [0.4, 0.5) is 0 Å². The number of benzene rings is 6. The van der Waals surface area contributed by atoms with E-state index in [1.165, 1.54) is 0 Å². The molecule has 11 heteroatoms. The van der Waals surface area contributed by atoms with Gasteiger partial charge in [0.05, 0.1) is 52.9 Å². The molecule has 2 unspecified atom stereocenters. The van der Waals surface area contributed by atoms with Crippen LogP contribution in [0.25, 0.3) is 0 Å². The summed E-state index contributed by atoms with van der Waals surface area (Å²) in [5.74, 6) is 0. The van der Waals surface area contributed by atoms with Crippen molar-refractivity contribution in [3.63, 3.8) is 0 Å². The Morgan fingerprint density at radius 1 is 0.323 bits per heavy atom. The summed E-state index contributed by atoms with van der Waals surface area (Å²) in [5, 5.41) is 23.6. The van der Waals surface area contributed by atoms with Gasteiger partial charge >= 0.3 is 0 Å². The van der Waals surface area contributed by atoms with Crippen LogP contribution >= 0.6 is 0 Å². The van der Waals surface area contributed by atoms with Crippen LogP contribution in [0.3, 0.4) is 0 Å². The first-order valence-electron chi connectivity index (χ1n) is 22.3. The number of aliphatic hydroxyl groups is 2. The Bertz CT molecular complexity index is 2210. The van der Waals surface area contributed by atoms with E-state index in [4.69, 9.17) is 42.6 Å². The van der Waals surface area contributed by atoms with Crippen molar-refractivity contribution in [2.45, 2.75) is 101 Å². The molecule has 6 aromatic rings. The van der Waals surface area contributed by atoms with Gasteiger partial charge < -0.3 is 52.8 Å². The maximum absolute atomic E-state index is 12.0. The topological polar surface area (TPSA) is 124 Å². The molecule has 2 aliphatic heterocycles. The monoisotopic (exact) mass is 882 g/mol. The van der Waals surface area contributed by atoms with Gasteiger partial charge in [-0.3, -0.25) is 0 Å². The van der Waals surface area contributed by atoms with E-state index in [0.717, 1.165) is 33.4 Å². The third kappa shape index (κ3) is 13.5. The normalized spacial score (nSPS) is 25.6. The molecule has 340 valence electrons. The molecule has 8 rings (SSSR count). The predicted molar refractivity (Wildman–Crippen MR) is 243 cm³/mol. The van der Waals surface area contributed by atoms with E-state index in [9.17, 15) is 10.2 Å². The number of hydrogen-bond acceptors (Lipinski definition) is 11. The molecule has 0 spiro atoms. The highest BCUT2D eigenvalue weighted by atomic mass is 16.7. The van der Waals surface area contributed by atoms with Crippen LogP contribution in [0, 0.1) is 0 Å². The quantitative estimate of drug-likeness (QED) is 0.0691. The van der Waals surface area contributed by atoms with Crippen molar-refractivity contribution in [3.05, 3.63) is 215 Å². The van der Waals surface area contributed by atoms with Crippen molar-refractivity contribution in [1.82, 2.24) is 0 Å². The van der Waals surface area contributed by atoms with Gasteiger partial charge in [-0.15, -0.1) is 0 Å². The van der Waals surface area contributed by atoms with Crippen molar-refractivity contribution >= 4 is 0 Å². The molecule has 11 nitrogen and oxygen atoms in total. The van der Waals surface area contributed by atoms with Gasteiger partial charge in [-0.2, -0.15) is 0 Å². The molecule has 10 atom stereocenters. The molecule has 0 aromatic heterocycles. The van der Waals surface area contributed by atoms with Crippen molar-refractivity contribution in [2.75, 3.05) is 13.2 Å². The number of ether oxygens (including phenoxy) is 9. The minimum atomic E-state index is -1.45. The van der Waals surface area contributed by atoms with Gasteiger partial charge in [0.2, 0.25) is 0 Å². The molecular weight excluding hydrogens is 825 g/mol. The summed E-state index contributed by atoms with van der Waals surface area (Å²) in [7, 11) is 0. The van der Waals surface area contributed by atoms with Gasteiger partial charge in [0.1, 0.15) is 48.8 Å². The molecule has 6 aromatic carbocycles. The van der Waals surface area contributed by atoms with Gasteiger partial charge in [-0.25, -0.2) is 0 Å². The Morgan fingerprint density at radius 2 is 0.677 bits per heavy atom. The average Bonchev–Trinajstić information content (AvgIpc) is 3.36. The van der Waals surface area contributed by atoms with Crippen molar-refractivity contribution in [3.8, 4) is 0 Å². The van der Waals surface area contributed by atoms with E-state index >= 15 is 0 Å². The van der Waals surface area contributed by atoms with Crippen LogP contribution in [0.5, 0.6) is 0 Å². The minimum Gasteiger partial charge on any atom is -0.387 e. The largest absolute Gasteiger partial charge is 0.387 e. The fraction of sp³-hybridized carbons (Fsp3) is 0.333. The maximum Gasteiger partial charge on any atom is 0.187 e. The predicted octanol–water partition coefficient (Wildman–Crippen LogP) is 7.95. The first-order valence-corrected chi connectivity index (χ1v) is 22.3. The summed E-state index contributed by atoms with van der Waals surface area (Å²) in [6.07, 6.45) is -9.77. The molecule has 0 aliphatic carbocycles. The van der Waals surface area contributed by atoms with Gasteiger partial charge in [-0.05, 0) is 33.4 Å². The van der Waals surface area contributed by atoms with Crippen LogP contribution < -0.4 is 0 Å². The molecule has 0 bridgehead atoms. The average molecular weight is 883 g/mol. The first kappa shape index (κ1) is 46.4. The molecule has 2 N–H and O–H groups in total. The SMILES string of the molecule is O[C@@H]1C(COC2O[C@H](COCc3ccccc3)[C@@H](OCc3ccccc3)[C@H](OCc3ccccc3)[C@H]2OCc2ccccc2)O[C@H](O)[C@H](OCc2ccccc2)[C@H]1OCc1ccccc1.